The lowest BCUT2D eigenvalue weighted by Gasteiger charge is -2.21. The predicted octanol–water partition coefficient (Wildman–Crippen LogP) is 3.46. The minimum Gasteiger partial charge on any atom is -0.480 e. The van der Waals surface area contributed by atoms with E-state index in [0.29, 0.717) is 22.4 Å². The van der Waals surface area contributed by atoms with E-state index < -0.39 is 36.3 Å². The maximum atomic E-state index is 12.9. The summed E-state index contributed by atoms with van der Waals surface area (Å²) in [6, 6.07) is -0.109. The highest BCUT2D eigenvalue weighted by atomic mass is 19.3. The highest BCUT2D eigenvalue weighted by molar-refractivity contribution is 6.07. The molecule has 2 N–H and O–H groups in total. The number of halogens is 2. The van der Waals surface area contributed by atoms with Crippen LogP contribution in [-0.4, -0.2) is 44.2 Å². The molecule has 28 heavy (non-hydrogen) atoms. The van der Waals surface area contributed by atoms with Crippen molar-refractivity contribution >= 4 is 22.9 Å². The van der Waals surface area contributed by atoms with Gasteiger partial charge in [-0.05, 0) is 39.7 Å². The van der Waals surface area contributed by atoms with Crippen molar-refractivity contribution in [3.63, 3.8) is 0 Å². The Morgan fingerprint density at radius 1 is 1.29 bits per heavy atom. The number of rotatable bonds is 6. The van der Waals surface area contributed by atoms with Gasteiger partial charge in [-0.3, -0.25) is 4.79 Å². The smallest absolute Gasteiger partial charge is 0.326 e. The summed E-state index contributed by atoms with van der Waals surface area (Å²) in [7, 11) is 0. The zero-order valence-electron chi connectivity index (χ0n) is 16.9. The number of carboxylic acids is 1. The van der Waals surface area contributed by atoms with E-state index in [-0.39, 0.29) is 11.5 Å². The molecule has 2 aromatic rings. The number of fused-ring (bicyclic) bond motifs is 1. The normalized spacial score (nSPS) is 13.4. The summed E-state index contributed by atoms with van der Waals surface area (Å²) < 4.78 is 27.1. The third-order valence-corrected chi connectivity index (χ3v) is 4.32. The van der Waals surface area contributed by atoms with E-state index in [0.717, 1.165) is 0 Å². The summed E-state index contributed by atoms with van der Waals surface area (Å²) in [5.74, 6) is -2.25. The topological polar surface area (TPSA) is 97.1 Å². The second-order valence-corrected chi connectivity index (χ2v) is 8.11. The van der Waals surface area contributed by atoms with Crippen molar-refractivity contribution in [2.75, 3.05) is 0 Å². The van der Waals surface area contributed by atoms with Crippen molar-refractivity contribution in [1.29, 1.82) is 0 Å². The summed E-state index contributed by atoms with van der Waals surface area (Å²) in [6.45, 7) is 11.4. The fraction of sp³-hybridized carbons (Fsp3) is 0.579. The average molecular weight is 396 g/mol. The lowest BCUT2D eigenvalue weighted by atomic mass is 10.0. The van der Waals surface area contributed by atoms with Crippen LogP contribution in [0.3, 0.4) is 0 Å². The van der Waals surface area contributed by atoms with Crippen LogP contribution in [0.5, 0.6) is 0 Å². The molecule has 0 aliphatic carbocycles. The summed E-state index contributed by atoms with van der Waals surface area (Å²) >= 11 is 0. The van der Waals surface area contributed by atoms with Crippen LogP contribution in [0.4, 0.5) is 8.78 Å². The number of nitrogens with zero attached hydrogens (tertiary/aromatic N) is 3. The first-order valence-corrected chi connectivity index (χ1v) is 9.05. The second-order valence-electron chi connectivity index (χ2n) is 8.11. The van der Waals surface area contributed by atoms with Gasteiger partial charge in [-0.25, -0.2) is 23.2 Å². The third kappa shape index (κ3) is 4.45. The van der Waals surface area contributed by atoms with E-state index in [1.54, 1.807) is 17.7 Å². The summed E-state index contributed by atoms with van der Waals surface area (Å²) in [6.07, 6.45) is -3.82. The van der Waals surface area contributed by atoms with Gasteiger partial charge in [-0.2, -0.15) is 5.10 Å². The highest BCUT2D eigenvalue weighted by Crippen LogP contribution is 2.29. The van der Waals surface area contributed by atoms with E-state index in [1.807, 2.05) is 34.6 Å². The lowest BCUT2D eigenvalue weighted by Crippen LogP contribution is -2.42. The molecule has 1 atom stereocenters. The molecular formula is C19H26F2N4O3. The molecule has 0 saturated heterocycles. The Morgan fingerprint density at radius 3 is 2.36 bits per heavy atom. The molecule has 0 radical (unpaired) electrons. The van der Waals surface area contributed by atoms with E-state index in [1.165, 1.54) is 0 Å². The molecule has 0 spiro atoms. The maximum Gasteiger partial charge on any atom is 0.326 e. The molecule has 0 aromatic carbocycles. The molecule has 0 aliphatic heterocycles. The number of aryl methyl sites for hydroxylation is 1. The highest BCUT2D eigenvalue weighted by Gasteiger charge is 2.28. The fourth-order valence-electron chi connectivity index (χ4n) is 2.89. The van der Waals surface area contributed by atoms with Gasteiger partial charge in [0.15, 0.2) is 5.65 Å². The molecule has 0 bridgehead atoms. The van der Waals surface area contributed by atoms with E-state index >= 15 is 0 Å². The summed E-state index contributed by atoms with van der Waals surface area (Å²) in [5, 5.41) is 16.4. The molecule has 154 valence electrons. The predicted molar refractivity (Wildman–Crippen MR) is 101 cm³/mol. The van der Waals surface area contributed by atoms with Crippen molar-refractivity contribution in [2.24, 2.45) is 0 Å². The molecule has 0 aliphatic rings. The Labute approximate surface area is 162 Å². The number of carbonyl (C=O) groups excluding carboxylic acids is 1. The van der Waals surface area contributed by atoms with Crippen LogP contribution < -0.4 is 5.32 Å². The zero-order chi connectivity index (χ0) is 21.4. The van der Waals surface area contributed by atoms with Gasteiger partial charge in [-0.1, -0.05) is 13.8 Å². The van der Waals surface area contributed by atoms with Crippen molar-refractivity contribution in [2.45, 2.75) is 71.9 Å². The van der Waals surface area contributed by atoms with Crippen LogP contribution in [0, 0.1) is 6.92 Å². The number of aromatic nitrogens is 3. The first-order valence-electron chi connectivity index (χ1n) is 9.05. The Hall–Kier alpha value is -2.58. The molecule has 1 unspecified atom stereocenters. The third-order valence-electron chi connectivity index (χ3n) is 4.32. The molecule has 9 heteroatoms. The van der Waals surface area contributed by atoms with Crippen LogP contribution >= 0.6 is 0 Å². The minimum atomic E-state index is -2.85. The van der Waals surface area contributed by atoms with Gasteiger partial charge in [0, 0.05) is 12.1 Å². The molecule has 0 saturated carbocycles. The molecule has 2 rings (SSSR count). The number of amides is 1. The Bertz CT molecular complexity index is 901. The molecule has 2 heterocycles. The van der Waals surface area contributed by atoms with Crippen molar-refractivity contribution in [3.8, 4) is 0 Å². The van der Waals surface area contributed by atoms with Gasteiger partial charge in [0.25, 0.3) is 5.91 Å². The number of carboxylic acid groups (broad SMARTS) is 1. The van der Waals surface area contributed by atoms with Gasteiger partial charge in [-0.15, -0.1) is 0 Å². The standard InChI is InChI=1S/C19H26F2N4O3/c1-9(2)12-7-11(17(26)23-13(18(27)28)8-14(20)21)15-10(3)24-25(16(15)22-12)19(4,5)6/h7,9,13-14H,8H2,1-6H3,(H,23,26)(H,27,28). The van der Waals surface area contributed by atoms with Crippen molar-refractivity contribution in [1.82, 2.24) is 20.1 Å². The maximum absolute atomic E-state index is 12.9. The Balaban J connectivity index is 2.63. The number of nitrogens with one attached hydrogen (secondary N) is 1. The number of hydrogen-bond acceptors (Lipinski definition) is 4. The minimum absolute atomic E-state index is 0.00379. The van der Waals surface area contributed by atoms with Crippen LogP contribution in [0.25, 0.3) is 11.0 Å². The monoisotopic (exact) mass is 396 g/mol. The molecule has 7 nitrogen and oxygen atoms in total. The van der Waals surface area contributed by atoms with E-state index in [4.69, 9.17) is 5.11 Å². The van der Waals surface area contributed by atoms with Crippen LogP contribution in [0.15, 0.2) is 6.07 Å². The molecule has 1 amide bonds. The Kier molecular flexibility index (Phi) is 6.06. The quantitative estimate of drug-likeness (QED) is 0.779. The number of hydrogen-bond donors (Lipinski definition) is 2. The first kappa shape index (κ1) is 21.7. The Morgan fingerprint density at radius 2 is 1.89 bits per heavy atom. The number of alkyl halides is 2. The number of pyridine rings is 1. The number of aliphatic carboxylic acids is 1. The van der Waals surface area contributed by atoms with E-state index in [2.05, 4.69) is 15.4 Å². The second kappa shape index (κ2) is 7.81. The molecule has 0 fully saturated rings. The van der Waals surface area contributed by atoms with Crippen LogP contribution in [-0.2, 0) is 10.3 Å². The van der Waals surface area contributed by atoms with Gasteiger partial charge in [0.05, 0.1) is 22.2 Å². The largest absolute Gasteiger partial charge is 0.480 e. The summed E-state index contributed by atoms with van der Waals surface area (Å²) in [4.78, 5) is 28.8. The summed E-state index contributed by atoms with van der Waals surface area (Å²) in [5.41, 5.74) is 1.47. The van der Waals surface area contributed by atoms with Gasteiger partial charge >= 0.3 is 5.97 Å². The molecule has 2 aromatic heterocycles. The lowest BCUT2D eigenvalue weighted by molar-refractivity contribution is -0.140. The van der Waals surface area contributed by atoms with Crippen LogP contribution in [0.2, 0.25) is 0 Å². The van der Waals surface area contributed by atoms with E-state index in [9.17, 15) is 18.4 Å². The van der Waals surface area contributed by atoms with Crippen molar-refractivity contribution in [3.05, 3.63) is 23.0 Å². The van der Waals surface area contributed by atoms with Crippen molar-refractivity contribution < 1.29 is 23.5 Å². The van der Waals surface area contributed by atoms with Gasteiger partial charge in [0.1, 0.15) is 6.04 Å². The average Bonchev–Trinajstić information content (AvgIpc) is 2.90. The SMILES string of the molecule is Cc1nn(C(C)(C)C)c2nc(C(C)C)cc(C(=O)NC(CC(F)F)C(=O)O)c12. The van der Waals surface area contributed by atoms with Gasteiger partial charge < -0.3 is 10.4 Å². The van der Waals surface area contributed by atoms with Gasteiger partial charge in [0.2, 0.25) is 6.43 Å². The zero-order valence-corrected chi connectivity index (χ0v) is 16.9. The first-order chi connectivity index (χ1) is 12.8. The molecular weight excluding hydrogens is 370 g/mol. The fourth-order valence-corrected chi connectivity index (χ4v) is 2.89. The number of carbonyl (C=O) groups is 2. The van der Waals surface area contributed by atoms with Crippen LogP contribution in [0.1, 0.15) is 68.7 Å².